The number of hydrogen-bond acceptors (Lipinski definition) is 2. The molecule has 1 rings (SSSR count). The van der Waals surface area contributed by atoms with Gasteiger partial charge in [-0.3, -0.25) is 0 Å². The van der Waals surface area contributed by atoms with Crippen molar-refractivity contribution in [3.8, 4) is 0 Å². The number of carbonyl (C=O) groups is 1. The molecule has 1 aromatic carbocycles. The van der Waals surface area contributed by atoms with Crippen LogP contribution in [0.4, 0.5) is 5.69 Å². The topological polar surface area (TPSA) is 63.3 Å². The summed E-state index contributed by atoms with van der Waals surface area (Å²) < 4.78 is 0. The number of rotatable bonds is 3. The van der Waals surface area contributed by atoms with Crippen molar-refractivity contribution >= 4 is 34.9 Å². The van der Waals surface area contributed by atoms with Crippen LogP contribution in [0, 0.1) is 0 Å². The molecular formula is C9H9Cl2NO2. The SMILES string of the molecule is Nc1cccc(C(Cl)CCl)c1C(=O)O. The van der Waals surface area contributed by atoms with E-state index in [2.05, 4.69) is 0 Å². The highest BCUT2D eigenvalue weighted by molar-refractivity contribution is 6.28. The van der Waals surface area contributed by atoms with Crippen LogP contribution >= 0.6 is 23.2 Å². The number of nitrogens with two attached hydrogens (primary N) is 1. The summed E-state index contributed by atoms with van der Waals surface area (Å²) in [4.78, 5) is 10.9. The van der Waals surface area contributed by atoms with Gasteiger partial charge in [0, 0.05) is 11.6 Å². The van der Waals surface area contributed by atoms with E-state index < -0.39 is 11.3 Å². The molecule has 3 N–H and O–H groups in total. The van der Waals surface area contributed by atoms with Gasteiger partial charge in [-0.1, -0.05) is 12.1 Å². The highest BCUT2D eigenvalue weighted by Gasteiger charge is 2.18. The number of carboxylic acids is 1. The summed E-state index contributed by atoms with van der Waals surface area (Å²) in [5, 5.41) is 8.37. The fourth-order valence-corrected chi connectivity index (χ4v) is 1.53. The lowest BCUT2D eigenvalue weighted by Crippen LogP contribution is -2.08. The first-order valence-corrected chi connectivity index (χ1v) is 4.86. The number of carboxylic acid groups (broad SMARTS) is 1. The van der Waals surface area contributed by atoms with Crippen molar-refractivity contribution in [1.29, 1.82) is 0 Å². The fourth-order valence-electron chi connectivity index (χ4n) is 1.18. The number of alkyl halides is 2. The molecule has 0 aliphatic carbocycles. The third-order valence-corrected chi connectivity index (χ3v) is 2.67. The first kappa shape index (κ1) is 11.1. The number of hydrogen-bond donors (Lipinski definition) is 2. The van der Waals surface area contributed by atoms with E-state index in [9.17, 15) is 4.79 Å². The molecule has 76 valence electrons. The molecule has 14 heavy (non-hydrogen) atoms. The highest BCUT2D eigenvalue weighted by atomic mass is 35.5. The summed E-state index contributed by atoms with van der Waals surface area (Å²) in [5.41, 5.74) is 6.22. The van der Waals surface area contributed by atoms with Crippen LogP contribution in [0.25, 0.3) is 0 Å². The van der Waals surface area contributed by atoms with Gasteiger partial charge in [0.2, 0.25) is 0 Å². The second-order valence-electron chi connectivity index (χ2n) is 2.74. The van der Waals surface area contributed by atoms with Gasteiger partial charge < -0.3 is 10.8 Å². The van der Waals surface area contributed by atoms with Crippen LogP contribution in [0.3, 0.4) is 0 Å². The van der Waals surface area contributed by atoms with Gasteiger partial charge in [0.25, 0.3) is 0 Å². The molecule has 3 nitrogen and oxygen atoms in total. The first-order valence-electron chi connectivity index (χ1n) is 3.89. The zero-order valence-electron chi connectivity index (χ0n) is 7.21. The molecule has 0 radical (unpaired) electrons. The Labute approximate surface area is 91.4 Å². The van der Waals surface area contributed by atoms with Gasteiger partial charge in [-0.25, -0.2) is 4.79 Å². The van der Waals surface area contributed by atoms with Gasteiger partial charge >= 0.3 is 5.97 Å². The molecule has 5 heteroatoms. The molecule has 0 saturated carbocycles. The lowest BCUT2D eigenvalue weighted by Gasteiger charge is -2.11. The number of nitrogen functional groups attached to an aromatic ring is 1. The lowest BCUT2D eigenvalue weighted by atomic mass is 10.0. The highest BCUT2D eigenvalue weighted by Crippen LogP contribution is 2.28. The zero-order chi connectivity index (χ0) is 10.7. The predicted molar refractivity (Wildman–Crippen MR) is 57.1 cm³/mol. The van der Waals surface area contributed by atoms with Crippen molar-refractivity contribution in [2.45, 2.75) is 5.38 Å². The minimum atomic E-state index is -1.09. The minimum absolute atomic E-state index is 0.0353. The summed E-state index contributed by atoms with van der Waals surface area (Å²) in [7, 11) is 0. The number of halogens is 2. The zero-order valence-corrected chi connectivity index (χ0v) is 8.72. The van der Waals surface area contributed by atoms with Crippen LogP contribution in [0.1, 0.15) is 21.3 Å². The Morgan fingerprint density at radius 3 is 2.71 bits per heavy atom. The molecule has 0 saturated heterocycles. The summed E-state index contributed by atoms with van der Waals surface area (Å²) in [6.45, 7) is 0. The molecule has 0 aromatic heterocycles. The summed E-state index contributed by atoms with van der Waals surface area (Å²) >= 11 is 11.4. The van der Waals surface area contributed by atoms with Crippen molar-refractivity contribution in [1.82, 2.24) is 0 Å². The van der Waals surface area contributed by atoms with Gasteiger partial charge in [-0.05, 0) is 11.6 Å². The van der Waals surface area contributed by atoms with Crippen LogP contribution < -0.4 is 5.73 Å². The maximum Gasteiger partial charge on any atom is 0.338 e. The Balaban J connectivity index is 3.28. The second kappa shape index (κ2) is 4.53. The summed E-state index contributed by atoms with van der Waals surface area (Å²) in [6, 6.07) is 4.78. The standard InChI is InChI=1S/C9H9Cl2NO2/c10-4-6(11)5-2-1-3-7(12)8(5)9(13)14/h1-3,6H,4,12H2,(H,13,14). The Kier molecular flexibility index (Phi) is 3.61. The van der Waals surface area contributed by atoms with Gasteiger partial charge in [0.05, 0.1) is 10.9 Å². The fraction of sp³-hybridized carbons (Fsp3) is 0.222. The quantitative estimate of drug-likeness (QED) is 0.623. The maximum atomic E-state index is 10.9. The molecule has 1 aromatic rings. The third kappa shape index (κ3) is 2.11. The van der Waals surface area contributed by atoms with E-state index in [0.717, 1.165) is 0 Å². The van der Waals surface area contributed by atoms with Crippen LogP contribution in [0.5, 0.6) is 0 Å². The first-order chi connectivity index (χ1) is 6.57. The third-order valence-electron chi connectivity index (χ3n) is 1.82. The van der Waals surface area contributed by atoms with E-state index in [1.165, 1.54) is 6.07 Å². The second-order valence-corrected chi connectivity index (χ2v) is 3.57. The van der Waals surface area contributed by atoms with Crippen LogP contribution in [0.2, 0.25) is 0 Å². The minimum Gasteiger partial charge on any atom is -0.478 e. The molecule has 0 aliphatic rings. The number of aromatic carboxylic acids is 1. The maximum absolute atomic E-state index is 10.9. The van der Waals surface area contributed by atoms with E-state index in [-0.39, 0.29) is 17.1 Å². The van der Waals surface area contributed by atoms with Crippen molar-refractivity contribution in [3.05, 3.63) is 29.3 Å². The Bertz CT molecular complexity index is 355. The van der Waals surface area contributed by atoms with Crippen molar-refractivity contribution in [2.24, 2.45) is 0 Å². The molecule has 1 atom stereocenters. The molecule has 0 amide bonds. The summed E-state index contributed by atoms with van der Waals surface area (Å²) in [5.74, 6) is -0.945. The Morgan fingerprint density at radius 2 is 2.21 bits per heavy atom. The molecular weight excluding hydrogens is 225 g/mol. The molecule has 0 fully saturated rings. The number of anilines is 1. The van der Waals surface area contributed by atoms with E-state index in [4.69, 9.17) is 34.0 Å². The monoisotopic (exact) mass is 233 g/mol. The van der Waals surface area contributed by atoms with Gasteiger partial charge in [0.1, 0.15) is 0 Å². The van der Waals surface area contributed by atoms with E-state index in [1.54, 1.807) is 12.1 Å². The van der Waals surface area contributed by atoms with Crippen LogP contribution in [-0.4, -0.2) is 17.0 Å². The van der Waals surface area contributed by atoms with Gasteiger partial charge in [-0.15, -0.1) is 23.2 Å². The molecule has 1 unspecified atom stereocenters. The van der Waals surface area contributed by atoms with Crippen molar-refractivity contribution in [3.63, 3.8) is 0 Å². The molecule has 0 heterocycles. The van der Waals surface area contributed by atoms with E-state index >= 15 is 0 Å². The Morgan fingerprint density at radius 1 is 1.57 bits per heavy atom. The Hall–Kier alpha value is -0.930. The molecule has 0 spiro atoms. The number of benzene rings is 1. The predicted octanol–water partition coefficient (Wildman–Crippen LogP) is 2.49. The molecule has 0 bridgehead atoms. The molecule has 0 aliphatic heterocycles. The lowest BCUT2D eigenvalue weighted by molar-refractivity contribution is 0.0697. The van der Waals surface area contributed by atoms with Crippen molar-refractivity contribution < 1.29 is 9.90 Å². The largest absolute Gasteiger partial charge is 0.478 e. The van der Waals surface area contributed by atoms with E-state index in [1.807, 2.05) is 0 Å². The van der Waals surface area contributed by atoms with Crippen LogP contribution in [0.15, 0.2) is 18.2 Å². The summed E-state index contributed by atoms with van der Waals surface area (Å²) in [6.07, 6.45) is 0. The van der Waals surface area contributed by atoms with Gasteiger partial charge in [0.15, 0.2) is 0 Å². The smallest absolute Gasteiger partial charge is 0.338 e. The average molecular weight is 234 g/mol. The average Bonchev–Trinajstić information content (AvgIpc) is 2.15. The van der Waals surface area contributed by atoms with E-state index in [0.29, 0.717) is 5.56 Å². The van der Waals surface area contributed by atoms with Crippen LogP contribution in [-0.2, 0) is 0 Å². The van der Waals surface area contributed by atoms with Gasteiger partial charge in [-0.2, -0.15) is 0 Å². The van der Waals surface area contributed by atoms with Crippen molar-refractivity contribution in [2.75, 3.05) is 11.6 Å². The normalized spacial score (nSPS) is 12.4.